The van der Waals surface area contributed by atoms with Crippen LogP contribution in [-0.2, 0) is 6.42 Å². The highest BCUT2D eigenvalue weighted by molar-refractivity contribution is 5.95. The van der Waals surface area contributed by atoms with E-state index in [0.29, 0.717) is 0 Å². The van der Waals surface area contributed by atoms with Crippen molar-refractivity contribution in [3.8, 4) is 22.8 Å². The third-order valence-corrected chi connectivity index (χ3v) is 4.07. The second-order valence-corrected chi connectivity index (χ2v) is 5.06. The second-order valence-electron chi connectivity index (χ2n) is 5.06. The van der Waals surface area contributed by atoms with Gasteiger partial charge in [-0.25, -0.2) is 0 Å². The van der Waals surface area contributed by atoms with Crippen LogP contribution in [0.5, 0.6) is 11.5 Å². The first-order valence-electron chi connectivity index (χ1n) is 6.66. The Labute approximate surface area is 117 Å². The molecule has 1 aliphatic rings. The summed E-state index contributed by atoms with van der Waals surface area (Å²) in [5, 5.41) is 1.29. The van der Waals surface area contributed by atoms with Crippen molar-refractivity contribution < 1.29 is 9.47 Å². The van der Waals surface area contributed by atoms with Crippen molar-refractivity contribution in [3.63, 3.8) is 0 Å². The standard InChI is InChI=1S/C17H15NO2/c1-19-10-7-13-12(16(8-10)20-2)9-14-11-5-3-4-6-15(11)18-17(13)14/h3-8,18H,9H2,1-2H3. The molecule has 0 saturated heterocycles. The van der Waals surface area contributed by atoms with Gasteiger partial charge < -0.3 is 14.5 Å². The van der Waals surface area contributed by atoms with Gasteiger partial charge in [0.1, 0.15) is 11.5 Å². The third-order valence-electron chi connectivity index (χ3n) is 4.07. The van der Waals surface area contributed by atoms with Gasteiger partial charge in [0.15, 0.2) is 0 Å². The molecule has 0 fully saturated rings. The van der Waals surface area contributed by atoms with E-state index in [4.69, 9.17) is 9.47 Å². The quantitative estimate of drug-likeness (QED) is 0.599. The lowest BCUT2D eigenvalue weighted by Crippen LogP contribution is -1.93. The molecule has 0 spiro atoms. The topological polar surface area (TPSA) is 34.2 Å². The van der Waals surface area contributed by atoms with Crippen LogP contribution in [0.25, 0.3) is 22.2 Å². The summed E-state index contributed by atoms with van der Waals surface area (Å²) in [4.78, 5) is 3.52. The van der Waals surface area contributed by atoms with Crippen molar-refractivity contribution in [3.05, 3.63) is 47.5 Å². The summed E-state index contributed by atoms with van der Waals surface area (Å²) in [5.74, 6) is 1.72. The van der Waals surface area contributed by atoms with E-state index in [9.17, 15) is 0 Å². The van der Waals surface area contributed by atoms with Crippen LogP contribution in [0.15, 0.2) is 36.4 Å². The molecule has 20 heavy (non-hydrogen) atoms. The van der Waals surface area contributed by atoms with Crippen LogP contribution in [0.3, 0.4) is 0 Å². The molecule has 1 N–H and O–H groups in total. The zero-order chi connectivity index (χ0) is 13.7. The number of para-hydroxylation sites is 1. The van der Waals surface area contributed by atoms with Gasteiger partial charge in [0.25, 0.3) is 0 Å². The van der Waals surface area contributed by atoms with Crippen LogP contribution in [0.1, 0.15) is 11.1 Å². The normalized spacial score (nSPS) is 12.3. The van der Waals surface area contributed by atoms with E-state index in [1.165, 1.54) is 33.3 Å². The minimum absolute atomic E-state index is 0.826. The summed E-state index contributed by atoms with van der Waals surface area (Å²) in [6.07, 6.45) is 0.905. The summed E-state index contributed by atoms with van der Waals surface area (Å²) in [5.41, 5.74) is 6.15. The van der Waals surface area contributed by atoms with Crippen molar-refractivity contribution >= 4 is 10.9 Å². The monoisotopic (exact) mass is 265 g/mol. The number of rotatable bonds is 2. The van der Waals surface area contributed by atoms with Crippen molar-refractivity contribution in [2.45, 2.75) is 6.42 Å². The minimum Gasteiger partial charge on any atom is -0.497 e. The molecule has 0 atom stereocenters. The molecular formula is C17H15NO2. The average Bonchev–Trinajstić information content (AvgIpc) is 3.02. The summed E-state index contributed by atoms with van der Waals surface area (Å²) in [7, 11) is 3.39. The number of nitrogens with one attached hydrogen (secondary N) is 1. The maximum Gasteiger partial charge on any atom is 0.126 e. The predicted octanol–water partition coefficient (Wildman–Crippen LogP) is 3.76. The highest BCUT2D eigenvalue weighted by atomic mass is 16.5. The Morgan fingerprint density at radius 3 is 2.65 bits per heavy atom. The molecule has 2 aromatic carbocycles. The molecule has 100 valence electrons. The fourth-order valence-electron chi connectivity index (χ4n) is 3.12. The molecule has 0 saturated carbocycles. The van der Waals surface area contributed by atoms with Crippen LogP contribution in [0.4, 0.5) is 0 Å². The second kappa shape index (κ2) is 4.04. The van der Waals surface area contributed by atoms with Crippen molar-refractivity contribution in [1.82, 2.24) is 4.98 Å². The van der Waals surface area contributed by atoms with E-state index >= 15 is 0 Å². The molecule has 3 aromatic rings. The molecule has 0 aliphatic heterocycles. The number of hydrogen-bond acceptors (Lipinski definition) is 2. The van der Waals surface area contributed by atoms with Crippen LogP contribution in [0.2, 0.25) is 0 Å². The highest BCUT2D eigenvalue weighted by Crippen LogP contribution is 2.45. The Morgan fingerprint density at radius 2 is 1.85 bits per heavy atom. The molecule has 1 aliphatic carbocycles. The fraction of sp³-hybridized carbons (Fsp3) is 0.176. The first kappa shape index (κ1) is 11.4. The van der Waals surface area contributed by atoms with Gasteiger partial charge in [0, 0.05) is 34.5 Å². The summed E-state index contributed by atoms with van der Waals surface area (Å²) >= 11 is 0. The average molecular weight is 265 g/mol. The van der Waals surface area contributed by atoms with Gasteiger partial charge >= 0.3 is 0 Å². The number of H-pyrrole nitrogens is 1. The van der Waals surface area contributed by atoms with Crippen LogP contribution < -0.4 is 9.47 Å². The zero-order valence-electron chi connectivity index (χ0n) is 11.5. The van der Waals surface area contributed by atoms with Crippen molar-refractivity contribution in [2.24, 2.45) is 0 Å². The first-order chi connectivity index (χ1) is 9.81. The Morgan fingerprint density at radius 1 is 1.00 bits per heavy atom. The lowest BCUT2D eigenvalue weighted by Gasteiger charge is -2.10. The van der Waals surface area contributed by atoms with E-state index in [0.717, 1.165) is 17.9 Å². The van der Waals surface area contributed by atoms with E-state index in [1.807, 2.05) is 6.07 Å². The molecule has 1 heterocycles. The number of ether oxygens (including phenoxy) is 2. The van der Waals surface area contributed by atoms with Gasteiger partial charge in [0.2, 0.25) is 0 Å². The number of aromatic amines is 1. The van der Waals surface area contributed by atoms with Gasteiger partial charge in [0.05, 0.1) is 19.9 Å². The molecule has 0 unspecified atom stereocenters. The van der Waals surface area contributed by atoms with Crippen LogP contribution >= 0.6 is 0 Å². The van der Waals surface area contributed by atoms with Gasteiger partial charge in [-0.2, -0.15) is 0 Å². The van der Waals surface area contributed by atoms with Gasteiger partial charge in [-0.1, -0.05) is 18.2 Å². The molecule has 0 bridgehead atoms. The maximum atomic E-state index is 5.52. The van der Waals surface area contributed by atoms with Crippen molar-refractivity contribution in [2.75, 3.05) is 14.2 Å². The van der Waals surface area contributed by atoms with Crippen molar-refractivity contribution in [1.29, 1.82) is 0 Å². The Hall–Kier alpha value is -2.42. The SMILES string of the molecule is COc1cc(OC)c2c(c1)-c1[nH]c3ccccc3c1C2. The lowest BCUT2D eigenvalue weighted by atomic mass is 10.1. The number of benzene rings is 2. The van der Waals surface area contributed by atoms with Gasteiger partial charge in [-0.15, -0.1) is 0 Å². The first-order valence-corrected chi connectivity index (χ1v) is 6.66. The molecule has 4 rings (SSSR count). The Bertz CT molecular complexity index is 817. The highest BCUT2D eigenvalue weighted by Gasteiger charge is 2.26. The van der Waals surface area contributed by atoms with E-state index in [1.54, 1.807) is 14.2 Å². The van der Waals surface area contributed by atoms with Gasteiger partial charge in [-0.05, 0) is 17.7 Å². The smallest absolute Gasteiger partial charge is 0.126 e. The molecule has 3 nitrogen and oxygen atoms in total. The zero-order valence-corrected chi connectivity index (χ0v) is 11.5. The lowest BCUT2D eigenvalue weighted by molar-refractivity contribution is 0.392. The maximum absolute atomic E-state index is 5.52. The van der Waals surface area contributed by atoms with E-state index < -0.39 is 0 Å². The van der Waals surface area contributed by atoms with Crippen LogP contribution in [0, 0.1) is 0 Å². The number of hydrogen-bond donors (Lipinski definition) is 1. The predicted molar refractivity (Wildman–Crippen MR) is 79.6 cm³/mol. The summed E-state index contributed by atoms with van der Waals surface area (Å²) in [6.45, 7) is 0. The molecule has 0 amide bonds. The Kier molecular flexibility index (Phi) is 2.30. The molecule has 3 heteroatoms. The Balaban J connectivity index is 2.02. The van der Waals surface area contributed by atoms with E-state index in [2.05, 4.69) is 35.3 Å². The van der Waals surface area contributed by atoms with Crippen LogP contribution in [-0.4, -0.2) is 19.2 Å². The molecule has 1 aromatic heterocycles. The minimum atomic E-state index is 0.826. The molecule has 0 radical (unpaired) electrons. The largest absolute Gasteiger partial charge is 0.497 e. The number of methoxy groups -OCH3 is 2. The van der Waals surface area contributed by atoms with Gasteiger partial charge in [-0.3, -0.25) is 0 Å². The van der Waals surface area contributed by atoms with E-state index in [-0.39, 0.29) is 0 Å². The molecular weight excluding hydrogens is 250 g/mol. The summed E-state index contributed by atoms with van der Waals surface area (Å²) < 4.78 is 10.9. The summed E-state index contributed by atoms with van der Waals surface area (Å²) in [6, 6.07) is 12.5. The fourth-order valence-corrected chi connectivity index (χ4v) is 3.12. The number of aromatic nitrogens is 1. The number of fused-ring (bicyclic) bond motifs is 5. The third kappa shape index (κ3) is 1.40.